The first-order valence-electron chi connectivity index (χ1n) is 13.5. The number of carbonyl (C=O) groups excluding carboxylic acids is 2. The fraction of sp³-hybridized carbons (Fsp3) is 0.379. The molecular formula is C29H30N2O7S2. The highest BCUT2D eigenvalue weighted by Gasteiger charge is 2.41. The Morgan fingerprint density at radius 1 is 1.05 bits per heavy atom. The number of hydrogen-bond acceptors (Lipinski definition) is 8. The molecular weight excluding hydrogens is 552 g/mol. The van der Waals surface area contributed by atoms with E-state index in [1.54, 1.807) is 13.0 Å². The second-order valence-corrected chi connectivity index (χ2v) is 13.0. The number of amides is 1. The molecule has 11 heteroatoms. The third kappa shape index (κ3) is 4.86. The van der Waals surface area contributed by atoms with E-state index < -0.39 is 27.9 Å². The van der Waals surface area contributed by atoms with E-state index in [9.17, 15) is 18.0 Å². The molecule has 3 aromatic rings. The number of hydrogen-bond donors (Lipinski definition) is 1. The van der Waals surface area contributed by atoms with Gasteiger partial charge in [-0.2, -0.15) is 4.31 Å². The molecule has 1 aliphatic carbocycles. The number of rotatable bonds is 6. The molecule has 0 radical (unpaired) electrons. The summed E-state index contributed by atoms with van der Waals surface area (Å²) in [6.07, 6.45) is 3.77. The molecule has 0 fully saturated rings. The lowest BCUT2D eigenvalue weighted by Crippen LogP contribution is -2.50. The van der Waals surface area contributed by atoms with E-state index >= 15 is 0 Å². The fourth-order valence-electron chi connectivity index (χ4n) is 5.56. The lowest BCUT2D eigenvalue weighted by atomic mass is 9.94. The van der Waals surface area contributed by atoms with E-state index in [0.29, 0.717) is 35.3 Å². The van der Waals surface area contributed by atoms with Gasteiger partial charge in [-0.05, 0) is 67.9 Å². The topological polar surface area (TPSA) is 111 Å². The van der Waals surface area contributed by atoms with E-state index in [0.717, 1.165) is 47.3 Å². The highest BCUT2D eigenvalue weighted by atomic mass is 32.2. The van der Waals surface area contributed by atoms with Crippen LogP contribution in [0.3, 0.4) is 0 Å². The second kappa shape index (κ2) is 10.9. The van der Waals surface area contributed by atoms with Crippen LogP contribution in [0.15, 0.2) is 47.4 Å². The quantitative estimate of drug-likeness (QED) is 0.431. The molecule has 2 aromatic carbocycles. The average Bonchev–Trinajstić information content (AvgIpc) is 3.34. The van der Waals surface area contributed by atoms with E-state index in [2.05, 4.69) is 5.32 Å². The Bertz CT molecular complexity index is 1580. The van der Waals surface area contributed by atoms with Crippen molar-refractivity contribution in [3.63, 3.8) is 0 Å². The fourth-order valence-corrected chi connectivity index (χ4v) is 8.42. The van der Waals surface area contributed by atoms with Crippen molar-refractivity contribution in [2.45, 2.75) is 56.5 Å². The number of sulfonamides is 1. The molecule has 0 bridgehead atoms. The number of fused-ring (bicyclic) bond motifs is 3. The Morgan fingerprint density at radius 3 is 2.60 bits per heavy atom. The maximum Gasteiger partial charge on any atom is 0.341 e. The molecule has 1 aromatic heterocycles. The molecule has 3 aliphatic rings. The Morgan fingerprint density at radius 2 is 1.80 bits per heavy atom. The van der Waals surface area contributed by atoms with Gasteiger partial charge in [-0.15, -0.1) is 11.3 Å². The Kier molecular flexibility index (Phi) is 7.28. The molecule has 0 saturated carbocycles. The van der Waals surface area contributed by atoms with Gasteiger partial charge in [0.1, 0.15) is 24.3 Å². The van der Waals surface area contributed by atoms with Crippen LogP contribution in [0.4, 0.5) is 5.00 Å². The molecule has 1 N–H and O–H groups in total. The maximum atomic E-state index is 14.0. The molecule has 3 heterocycles. The molecule has 0 unspecified atom stereocenters. The summed E-state index contributed by atoms with van der Waals surface area (Å²) in [4.78, 5) is 28.0. The molecule has 6 rings (SSSR count). The molecule has 40 heavy (non-hydrogen) atoms. The van der Waals surface area contributed by atoms with Crippen LogP contribution in [0, 0.1) is 0 Å². The van der Waals surface area contributed by atoms with Crippen molar-refractivity contribution in [1.29, 1.82) is 0 Å². The van der Waals surface area contributed by atoms with Gasteiger partial charge < -0.3 is 19.5 Å². The van der Waals surface area contributed by atoms with Crippen molar-refractivity contribution >= 4 is 38.2 Å². The lowest BCUT2D eigenvalue weighted by Gasteiger charge is -2.35. The van der Waals surface area contributed by atoms with Crippen LogP contribution in [0.1, 0.15) is 51.7 Å². The average molecular weight is 583 g/mol. The minimum atomic E-state index is -4.11. The SMILES string of the molecule is CCOC(=O)c1c(NC(=O)[C@@H]2Cc3ccccc3CN2S(=O)(=O)c2ccc3c(c2)OCCO3)sc2c1CCCC2. The van der Waals surface area contributed by atoms with E-state index in [1.165, 1.54) is 27.8 Å². The number of anilines is 1. The van der Waals surface area contributed by atoms with Crippen LogP contribution in [0.25, 0.3) is 0 Å². The summed E-state index contributed by atoms with van der Waals surface area (Å²) in [5.41, 5.74) is 3.07. The Hall–Kier alpha value is -3.41. The van der Waals surface area contributed by atoms with Crippen molar-refractivity contribution in [3.8, 4) is 11.5 Å². The van der Waals surface area contributed by atoms with Gasteiger partial charge in [0.2, 0.25) is 15.9 Å². The number of nitrogens with zero attached hydrogens (tertiary/aromatic N) is 1. The zero-order valence-electron chi connectivity index (χ0n) is 22.1. The van der Waals surface area contributed by atoms with Crippen molar-refractivity contribution in [1.82, 2.24) is 4.31 Å². The van der Waals surface area contributed by atoms with Gasteiger partial charge in [0, 0.05) is 17.5 Å². The number of thiophene rings is 1. The predicted molar refractivity (Wildman–Crippen MR) is 150 cm³/mol. The summed E-state index contributed by atoms with van der Waals surface area (Å²) >= 11 is 1.38. The molecule has 1 amide bonds. The summed E-state index contributed by atoms with van der Waals surface area (Å²) in [6, 6.07) is 11.0. The molecule has 0 saturated heterocycles. The lowest BCUT2D eigenvalue weighted by molar-refractivity contribution is -0.120. The van der Waals surface area contributed by atoms with Gasteiger partial charge in [-0.1, -0.05) is 24.3 Å². The van der Waals surface area contributed by atoms with E-state index in [4.69, 9.17) is 14.2 Å². The van der Waals surface area contributed by atoms with Crippen molar-refractivity contribution in [3.05, 3.63) is 69.6 Å². The number of esters is 1. The normalized spacial score (nSPS) is 18.4. The number of carbonyl (C=O) groups is 2. The second-order valence-electron chi connectivity index (χ2n) is 9.97. The summed E-state index contributed by atoms with van der Waals surface area (Å²) < 4.78 is 45.9. The molecule has 0 spiro atoms. The van der Waals surface area contributed by atoms with Crippen molar-refractivity contribution in [2.75, 3.05) is 25.1 Å². The van der Waals surface area contributed by atoms with Gasteiger partial charge in [-0.25, -0.2) is 13.2 Å². The Balaban J connectivity index is 1.36. The van der Waals surface area contributed by atoms with Gasteiger partial charge in [0.15, 0.2) is 11.5 Å². The highest BCUT2D eigenvalue weighted by Crippen LogP contribution is 2.40. The molecule has 9 nitrogen and oxygen atoms in total. The third-order valence-corrected chi connectivity index (χ3v) is 10.6. The predicted octanol–water partition coefficient (Wildman–Crippen LogP) is 4.33. The first kappa shape index (κ1) is 26.8. The minimum Gasteiger partial charge on any atom is -0.486 e. The maximum absolute atomic E-state index is 14.0. The molecule has 2 aliphatic heterocycles. The van der Waals surface area contributed by atoms with Gasteiger partial charge >= 0.3 is 5.97 Å². The summed E-state index contributed by atoms with van der Waals surface area (Å²) in [6.45, 7) is 2.72. The number of nitrogens with one attached hydrogen (secondary N) is 1. The number of aryl methyl sites for hydroxylation is 1. The van der Waals surface area contributed by atoms with E-state index in [-0.39, 0.29) is 24.5 Å². The van der Waals surface area contributed by atoms with Crippen LogP contribution >= 0.6 is 11.3 Å². The van der Waals surface area contributed by atoms with Gasteiger partial charge in [0.05, 0.1) is 17.1 Å². The van der Waals surface area contributed by atoms with Crippen LogP contribution in [-0.2, 0) is 45.4 Å². The standard InChI is InChI=1S/C29H30N2O7S2/c1-2-36-29(33)26-21-9-5-6-10-25(21)39-28(26)30-27(32)22-15-18-7-3-4-8-19(18)17-31(22)40(34,35)20-11-12-23-24(16-20)38-14-13-37-23/h3-4,7-8,11-12,16,22H,2,5-6,9-10,13-15,17H2,1H3,(H,30,32)/t22-/m0/s1. The van der Waals surface area contributed by atoms with Crippen molar-refractivity contribution < 1.29 is 32.2 Å². The monoisotopic (exact) mass is 582 g/mol. The summed E-state index contributed by atoms with van der Waals surface area (Å²) in [5, 5.41) is 3.36. The molecule has 1 atom stereocenters. The zero-order valence-corrected chi connectivity index (χ0v) is 23.7. The van der Waals surface area contributed by atoms with Crippen LogP contribution in [0.5, 0.6) is 11.5 Å². The largest absolute Gasteiger partial charge is 0.486 e. The highest BCUT2D eigenvalue weighted by molar-refractivity contribution is 7.89. The third-order valence-electron chi connectivity index (χ3n) is 7.52. The first-order valence-corrected chi connectivity index (χ1v) is 15.7. The Labute approximate surface area is 237 Å². The van der Waals surface area contributed by atoms with Crippen LogP contribution in [0.2, 0.25) is 0 Å². The van der Waals surface area contributed by atoms with Crippen LogP contribution < -0.4 is 14.8 Å². The van der Waals surface area contributed by atoms with E-state index in [1.807, 2.05) is 24.3 Å². The summed E-state index contributed by atoms with van der Waals surface area (Å²) in [5.74, 6) is -0.114. The zero-order chi connectivity index (χ0) is 27.9. The first-order chi connectivity index (χ1) is 19.4. The van der Waals surface area contributed by atoms with Crippen molar-refractivity contribution in [2.24, 2.45) is 0 Å². The molecule has 210 valence electrons. The summed E-state index contributed by atoms with van der Waals surface area (Å²) in [7, 11) is -4.11. The van der Waals surface area contributed by atoms with Crippen LogP contribution in [-0.4, -0.2) is 50.5 Å². The smallest absolute Gasteiger partial charge is 0.341 e. The van der Waals surface area contributed by atoms with Gasteiger partial charge in [-0.3, -0.25) is 4.79 Å². The van der Waals surface area contributed by atoms with Gasteiger partial charge in [0.25, 0.3) is 0 Å². The number of ether oxygens (including phenoxy) is 3. The number of benzene rings is 2. The minimum absolute atomic E-state index is 0.0210.